The van der Waals surface area contributed by atoms with Crippen molar-refractivity contribution in [1.82, 2.24) is 10.6 Å². The van der Waals surface area contributed by atoms with Crippen LogP contribution in [0.4, 0.5) is 0 Å². The van der Waals surface area contributed by atoms with Gasteiger partial charge in [-0.2, -0.15) is 0 Å². The van der Waals surface area contributed by atoms with Gasteiger partial charge in [0.05, 0.1) is 12.1 Å². The second-order valence-corrected chi connectivity index (χ2v) is 3.42. The predicted molar refractivity (Wildman–Crippen MR) is 51.4 cm³/mol. The van der Waals surface area contributed by atoms with Crippen LogP contribution < -0.4 is 10.6 Å². The fourth-order valence-electron chi connectivity index (χ4n) is 0.778. The van der Waals surface area contributed by atoms with Crippen LogP contribution in [0.25, 0.3) is 0 Å². The molecule has 0 spiro atoms. The van der Waals surface area contributed by atoms with Gasteiger partial charge in [0, 0.05) is 0 Å². The molecule has 4 heteroatoms. The third-order valence-corrected chi connectivity index (χ3v) is 2.00. The fourth-order valence-corrected chi connectivity index (χ4v) is 0.778. The summed E-state index contributed by atoms with van der Waals surface area (Å²) in [4.78, 5) is 21.9. The first kappa shape index (κ1) is 12.1. The number of nitrogens with one attached hydrogen (secondary N) is 2. The zero-order valence-electron chi connectivity index (χ0n) is 8.63. The van der Waals surface area contributed by atoms with Gasteiger partial charge in [-0.1, -0.05) is 13.8 Å². The molecular formula is C9H18N2O2. The smallest absolute Gasteiger partial charge is 0.237 e. The molecule has 0 aromatic heterocycles. The number of likely N-dealkylation sites (N-methyl/N-ethyl adjacent to an activating group) is 1. The molecule has 13 heavy (non-hydrogen) atoms. The molecule has 0 aliphatic heterocycles. The molecule has 2 N–H and O–H groups in total. The topological polar surface area (TPSA) is 58.2 Å². The highest BCUT2D eigenvalue weighted by molar-refractivity contribution is 5.84. The molecule has 0 bridgehead atoms. The van der Waals surface area contributed by atoms with Crippen LogP contribution in [-0.2, 0) is 9.59 Å². The molecule has 0 rings (SSSR count). The molecule has 0 radical (unpaired) electrons. The zero-order valence-corrected chi connectivity index (χ0v) is 8.63. The molecule has 0 saturated carbocycles. The Morgan fingerprint density at radius 1 is 1.31 bits per heavy atom. The van der Waals surface area contributed by atoms with Gasteiger partial charge >= 0.3 is 0 Å². The van der Waals surface area contributed by atoms with Crippen molar-refractivity contribution in [3.63, 3.8) is 0 Å². The Kier molecular flexibility index (Phi) is 5.30. The highest BCUT2D eigenvalue weighted by atomic mass is 16.2. The van der Waals surface area contributed by atoms with E-state index in [2.05, 4.69) is 10.6 Å². The minimum Gasteiger partial charge on any atom is -0.345 e. The molecule has 0 fully saturated rings. The van der Waals surface area contributed by atoms with Crippen molar-refractivity contribution in [2.45, 2.75) is 32.9 Å². The Hall–Kier alpha value is -0.900. The number of aldehydes is 1. The van der Waals surface area contributed by atoms with Crippen molar-refractivity contribution in [3.05, 3.63) is 0 Å². The molecule has 0 aromatic carbocycles. The molecule has 0 aliphatic carbocycles. The first-order valence-corrected chi connectivity index (χ1v) is 4.45. The maximum atomic E-state index is 11.3. The molecule has 0 aromatic rings. The molecule has 0 saturated heterocycles. The SMILES string of the molecule is CN[C@@H](C)C(=O)NC(C=O)C(C)C. The van der Waals surface area contributed by atoms with Crippen LogP contribution in [0.15, 0.2) is 0 Å². The van der Waals surface area contributed by atoms with Crippen LogP contribution in [0.1, 0.15) is 20.8 Å². The van der Waals surface area contributed by atoms with Gasteiger partial charge in [0.1, 0.15) is 6.29 Å². The summed E-state index contributed by atoms with van der Waals surface area (Å²) < 4.78 is 0. The number of carbonyl (C=O) groups excluding carboxylic acids is 2. The summed E-state index contributed by atoms with van der Waals surface area (Å²) in [5.74, 6) is -0.0150. The predicted octanol–water partition coefficient (Wildman–Crippen LogP) is -0.0660. The third-order valence-electron chi connectivity index (χ3n) is 2.00. The highest BCUT2D eigenvalue weighted by Crippen LogP contribution is 1.98. The first-order chi connectivity index (χ1) is 6.02. The van der Waals surface area contributed by atoms with Crippen LogP contribution in [0.2, 0.25) is 0 Å². The number of carbonyl (C=O) groups is 2. The summed E-state index contributed by atoms with van der Waals surface area (Å²) >= 11 is 0. The standard InChI is InChI=1S/C9H18N2O2/c1-6(2)8(5-12)11-9(13)7(3)10-4/h5-8,10H,1-4H3,(H,11,13)/t7-,8?/m0/s1. The lowest BCUT2D eigenvalue weighted by Gasteiger charge is -2.18. The van der Waals surface area contributed by atoms with E-state index < -0.39 is 0 Å². The van der Waals surface area contributed by atoms with Crippen molar-refractivity contribution in [2.75, 3.05) is 7.05 Å². The summed E-state index contributed by atoms with van der Waals surface area (Å²) in [6.45, 7) is 5.53. The van der Waals surface area contributed by atoms with Gasteiger partial charge in [-0.15, -0.1) is 0 Å². The normalized spacial score (nSPS) is 15.2. The van der Waals surface area contributed by atoms with Gasteiger partial charge in [-0.05, 0) is 19.9 Å². The lowest BCUT2D eigenvalue weighted by atomic mass is 10.1. The quantitative estimate of drug-likeness (QED) is 0.591. The van der Waals surface area contributed by atoms with Crippen LogP contribution in [0.5, 0.6) is 0 Å². The van der Waals surface area contributed by atoms with Gasteiger partial charge in [0.2, 0.25) is 5.91 Å². The number of hydrogen-bond donors (Lipinski definition) is 2. The molecule has 76 valence electrons. The van der Waals surface area contributed by atoms with E-state index in [0.29, 0.717) is 0 Å². The van der Waals surface area contributed by atoms with Crippen molar-refractivity contribution >= 4 is 12.2 Å². The largest absolute Gasteiger partial charge is 0.345 e. The number of hydrogen-bond acceptors (Lipinski definition) is 3. The van der Waals surface area contributed by atoms with Crippen LogP contribution in [-0.4, -0.2) is 31.3 Å². The molecule has 1 amide bonds. The highest BCUT2D eigenvalue weighted by Gasteiger charge is 2.17. The Bertz CT molecular complexity index is 180. The van der Waals surface area contributed by atoms with Crippen molar-refractivity contribution < 1.29 is 9.59 Å². The molecular weight excluding hydrogens is 168 g/mol. The summed E-state index contributed by atoms with van der Waals surface area (Å²) in [7, 11) is 1.70. The van der Waals surface area contributed by atoms with Crippen LogP contribution >= 0.6 is 0 Å². The van der Waals surface area contributed by atoms with Crippen molar-refractivity contribution in [2.24, 2.45) is 5.92 Å². The lowest BCUT2D eigenvalue weighted by molar-refractivity contribution is -0.125. The summed E-state index contributed by atoms with van der Waals surface area (Å²) in [6.07, 6.45) is 0.769. The van der Waals surface area contributed by atoms with Gasteiger partial charge in [0.25, 0.3) is 0 Å². The Balaban J connectivity index is 4.08. The maximum Gasteiger partial charge on any atom is 0.237 e. The van der Waals surface area contributed by atoms with Crippen LogP contribution in [0.3, 0.4) is 0 Å². The van der Waals surface area contributed by atoms with Crippen LogP contribution in [0, 0.1) is 5.92 Å². The Morgan fingerprint density at radius 2 is 1.85 bits per heavy atom. The van der Waals surface area contributed by atoms with E-state index >= 15 is 0 Å². The molecule has 4 nitrogen and oxygen atoms in total. The zero-order chi connectivity index (χ0) is 10.4. The molecule has 0 heterocycles. The average Bonchev–Trinajstić information content (AvgIpc) is 2.11. The van der Waals surface area contributed by atoms with E-state index in [1.165, 1.54) is 0 Å². The van der Waals surface area contributed by atoms with E-state index in [1.807, 2.05) is 13.8 Å². The number of amides is 1. The fraction of sp³-hybridized carbons (Fsp3) is 0.778. The molecule has 0 aliphatic rings. The molecule has 2 atom stereocenters. The van der Waals surface area contributed by atoms with E-state index in [9.17, 15) is 9.59 Å². The first-order valence-electron chi connectivity index (χ1n) is 4.45. The monoisotopic (exact) mass is 186 g/mol. The third kappa shape index (κ3) is 4.03. The van der Waals surface area contributed by atoms with E-state index in [1.54, 1.807) is 14.0 Å². The van der Waals surface area contributed by atoms with Gasteiger partial charge in [-0.25, -0.2) is 0 Å². The van der Waals surface area contributed by atoms with Gasteiger partial charge < -0.3 is 15.4 Å². The maximum absolute atomic E-state index is 11.3. The summed E-state index contributed by atoms with van der Waals surface area (Å²) in [6, 6.07) is -0.649. The van der Waals surface area contributed by atoms with Gasteiger partial charge in [0.15, 0.2) is 0 Å². The summed E-state index contributed by atoms with van der Waals surface area (Å²) in [5, 5.41) is 5.45. The van der Waals surface area contributed by atoms with E-state index in [0.717, 1.165) is 6.29 Å². The minimum absolute atomic E-state index is 0.130. The summed E-state index contributed by atoms with van der Waals surface area (Å²) in [5.41, 5.74) is 0. The van der Waals surface area contributed by atoms with Gasteiger partial charge in [-0.3, -0.25) is 4.79 Å². The second-order valence-electron chi connectivity index (χ2n) is 3.42. The Morgan fingerprint density at radius 3 is 2.15 bits per heavy atom. The molecule has 1 unspecified atom stereocenters. The minimum atomic E-state index is -0.386. The lowest BCUT2D eigenvalue weighted by Crippen LogP contribution is -2.47. The van der Waals surface area contributed by atoms with E-state index in [-0.39, 0.29) is 23.9 Å². The average molecular weight is 186 g/mol. The number of rotatable bonds is 5. The van der Waals surface area contributed by atoms with Crippen molar-refractivity contribution in [3.8, 4) is 0 Å². The Labute approximate surface area is 79.1 Å². The second kappa shape index (κ2) is 5.70. The van der Waals surface area contributed by atoms with Crippen molar-refractivity contribution in [1.29, 1.82) is 0 Å². The van der Waals surface area contributed by atoms with E-state index in [4.69, 9.17) is 0 Å².